The first-order valence-corrected chi connectivity index (χ1v) is 8.53. The van der Waals surface area contributed by atoms with Crippen LogP contribution in [0.2, 0.25) is 0 Å². The zero-order chi connectivity index (χ0) is 16.0. The molecule has 0 unspecified atom stereocenters. The van der Waals surface area contributed by atoms with Crippen molar-refractivity contribution in [3.63, 3.8) is 0 Å². The van der Waals surface area contributed by atoms with Crippen LogP contribution < -0.4 is 10.0 Å². The van der Waals surface area contributed by atoms with E-state index in [1.807, 2.05) is 0 Å². The molecule has 0 aliphatic rings. The highest BCUT2D eigenvalue weighted by molar-refractivity contribution is 7.88. The average Bonchev–Trinajstić information content (AvgIpc) is 3.00. The fourth-order valence-corrected chi connectivity index (χ4v) is 2.27. The Bertz CT molecular complexity index is 711. The molecule has 0 saturated heterocycles. The molecule has 0 radical (unpaired) electrons. The second-order valence-electron chi connectivity index (χ2n) is 4.66. The molecule has 0 spiro atoms. The third-order valence-electron chi connectivity index (χ3n) is 2.82. The van der Waals surface area contributed by atoms with Gasteiger partial charge in [-0.1, -0.05) is 0 Å². The number of benzene rings is 1. The lowest BCUT2D eigenvalue weighted by Crippen LogP contribution is -2.29. The van der Waals surface area contributed by atoms with E-state index in [4.69, 9.17) is 0 Å². The third-order valence-corrected chi connectivity index (χ3v) is 3.54. The Morgan fingerprint density at radius 2 is 1.95 bits per heavy atom. The van der Waals surface area contributed by atoms with Crippen LogP contribution in [0.5, 0.6) is 0 Å². The Balaban J connectivity index is 1.80. The summed E-state index contributed by atoms with van der Waals surface area (Å²) in [5, 5.41) is 6.73. The molecule has 22 heavy (non-hydrogen) atoms. The maximum Gasteiger partial charge on any atom is 0.251 e. The number of rotatable bonds is 7. The Hall–Kier alpha value is -2.26. The van der Waals surface area contributed by atoms with Gasteiger partial charge in [0.05, 0.1) is 11.9 Å². The van der Waals surface area contributed by atoms with E-state index >= 15 is 0 Å². The number of amides is 1. The topological polar surface area (TPSA) is 106 Å². The van der Waals surface area contributed by atoms with Crippen molar-refractivity contribution in [2.24, 2.45) is 0 Å². The fourth-order valence-electron chi connectivity index (χ4n) is 1.76. The van der Waals surface area contributed by atoms with Crippen molar-refractivity contribution in [2.75, 3.05) is 19.3 Å². The molecule has 8 nitrogen and oxygen atoms in total. The summed E-state index contributed by atoms with van der Waals surface area (Å²) in [4.78, 5) is 15.8. The van der Waals surface area contributed by atoms with E-state index in [-0.39, 0.29) is 5.91 Å². The zero-order valence-corrected chi connectivity index (χ0v) is 12.9. The van der Waals surface area contributed by atoms with Gasteiger partial charge in [0.15, 0.2) is 0 Å². The van der Waals surface area contributed by atoms with Crippen LogP contribution >= 0.6 is 0 Å². The molecule has 2 rings (SSSR count). The molecular formula is C13H17N5O3S. The SMILES string of the molecule is CS(=O)(=O)NCCCNC(=O)c1ccc(-n2cncn2)cc1. The predicted molar refractivity (Wildman–Crippen MR) is 81.2 cm³/mol. The van der Waals surface area contributed by atoms with Crippen LogP contribution in [0, 0.1) is 0 Å². The second kappa shape index (κ2) is 7.14. The van der Waals surface area contributed by atoms with Crippen molar-refractivity contribution in [1.82, 2.24) is 24.8 Å². The van der Waals surface area contributed by atoms with Crippen molar-refractivity contribution in [1.29, 1.82) is 0 Å². The van der Waals surface area contributed by atoms with Crippen molar-refractivity contribution in [3.8, 4) is 5.69 Å². The van der Waals surface area contributed by atoms with Gasteiger partial charge >= 0.3 is 0 Å². The molecule has 0 bridgehead atoms. The summed E-state index contributed by atoms with van der Waals surface area (Å²) in [6, 6.07) is 6.94. The smallest absolute Gasteiger partial charge is 0.251 e. The zero-order valence-electron chi connectivity index (χ0n) is 12.1. The highest BCUT2D eigenvalue weighted by Gasteiger charge is 2.06. The minimum Gasteiger partial charge on any atom is -0.352 e. The van der Waals surface area contributed by atoms with Crippen molar-refractivity contribution < 1.29 is 13.2 Å². The highest BCUT2D eigenvalue weighted by Crippen LogP contribution is 2.07. The van der Waals surface area contributed by atoms with E-state index in [1.54, 1.807) is 35.3 Å². The first-order chi connectivity index (χ1) is 10.5. The monoisotopic (exact) mass is 323 g/mol. The molecule has 0 fully saturated rings. The normalized spacial score (nSPS) is 11.3. The lowest BCUT2D eigenvalue weighted by molar-refractivity contribution is 0.0953. The number of carbonyl (C=O) groups excluding carboxylic acids is 1. The molecule has 9 heteroatoms. The van der Waals surface area contributed by atoms with E-state index < -0.39 is 10.0 Å². The number of hydrogen-bond donors (Lipinski definition) is 2. The van der Waals surface area contributed by atoms with Gasteiger partial charge in [0.1, 0.15) is 12.7 Å². The summed E-state index contributed by atoms with van der Waals surface area (Å²) >= 11 is 0. The summed E-state index contributed by atoms with van der Waals surface area (Å²) in [6.07, 6.45) is 4.63. The van der Waals surface area contributed by atoms with Gasteiger partial charge in [0.25, 0.3) is 5.91 Å². The van der Waals surface area contributed by atoms with E-state index in [1.165, 1.54) is 6.33 Å². The van der Waals surface area contributed by atoms with Crippen LogP contribution in [-0.4, -0.2) is 48.4 Å². The minimum atomic E-state index is -3.18. The molecule has 1 amide bonds. The average molecular weight is 323 g/mol. The van der Waals surface area contributed by atoms with Gasteiger partial charge in [-0.15, -0.1) is 0 Å². The number of nitrogens with zero attached hydrogens (tertiary/aromatic N) is 3. The first kappa shape index (κ1) is 16.1. The van der Waals surface area contributed by atoms with Crippen LogP contribution in [-0.2, 0) is 10.0 Å². The number of sulfonamides is 1. The molecule has 0 aliphatic carbocycles. The van der Waals surface area contributed by atoms with Crippen LogP contribution in [0.4, 0.5) is 0 Å². The molecule has 2 aromatic rings. The summed E-state index contributed by atoms with van der Waals surface area (Å²) in [7, 11) is -3.18. The molecule has 1 aromatic heterocycles. The van der Waals surface area contributed by atoms with Gasteiger partial charge in [0.2, 0.25) is 10.0 Å². The lowest BCUT2D eigenvalue weighted by atomic mass is 10.2. The Kier molecular flexibility index (Phi) is 5.23. The van der Waals surface area contributed by atoms with Gasteiger partial charge in [-0.25, -0.2) is 22.8 Å². The van der Waals surface area contributed by atoms with Crippen LogP contribution in [0.15, 0.2) is 36.9 Å². The number of aromatic nitrogens is 3. The molecule has 0 saturated carbocycles. The van der Waals surface area contributed by atoms with Crippen molar-refractivity contribution in [3.05, 3.63) is 42.5 Å². The molecular weight excluding hydrogens is 306 g/mol. The third kappa shape index (κ3) is 4.93. The van der Waals surface area contributed by atoms with E-state index in [9.17, 15) is 13.2 Å². The molecule has 0 atom stereocenters. The fraction of sp³-hybridized carbons (Fsp3) is 0.308. The number of hydrogen-bond acceptors (Lipinski definition) is 5. The quantitative estimate of drug-likeness (QED) is 0.694. The first-order valence-electron chi connectivity index (χ1n) is 6.63. The van der Waals surface area contributed by atoms with E-state index in [2.05, 4.69) is 20.1 Å². The van der Waals surface area contributed by atoms with E-state index in [0.717, 1.165) is 11.9 Å². The second-order valence-corrected chi connectivity index (χ2v) is 6.50. The molecule has 0 aliphatic heterocycles. The molecule has 1 aromatic carbocycles. The van der Waals surface area contributed by atoms with Gasteiger partial charge in [-0.2, -0.15) is 5.10 Å². The summed E-state index contributed by atoms with van der Waals surface area (Å²) in [5.41, 5.74) is 1.34. The molecule has 2 N–H and O–H groups in total. The summed E-state index contributed by atoms with van der Waals surface area (Å²) in [6.45, 7) is 0.691. The maximum atomic E-state index is 11.9. The minimum absolute atomic E-state index is 0.204. The van der Waals surface area contributed by atoms with Gasteiger partial charge in [0, 0.05) is 18.7 Å². The Morgan fingerprint density at radius 3 is 2.55 bits per heavy atom. The number of nitrogens with one attached hydrogen (secondary N) is 2. The molecule has 1 heterocycles. The van der Waals surface area contributed by atoms with Crippen molar-refractivity contribution >= 4 is 15.9 Å². The van der Waals surface area contributed by atoms with Gasteiger partial charge < -0.3 is 5.32 Å². The maximum absolute atomic E-state index is 11.9. The van der Waals surface area contributed by atoms with Gasteiger partial charge in [-0.3, -0.25) is 4.79 Å². The standard InChI is InChI=1S/C13H17N5O3S/c1-22(20,21)17-8-2-7-15-13(19)11-3-5-12(6-4-11)18-10-14-9-16-18/h3-6,9-10,17H,2,7-8H2,1H3,(H,15,19). The Labute approximate surface area is 128 Å². The lowest BCUT2D eigenvalue weighted by Gasteiger charge is -2.06. The molecule has 118 valence electrons. The van der Waals surface area contributed by atoms with Crippen LogP contribution in [0.3, 0.4) is 0 Å². The van der Waals surface area contributed by atoms with E-state index in [0.29, 0.717) is 25.1 Å². The number of carbonyl (C=O) groups is 1. The van der Waals surface area contributed by atoms with Crippen molar-refractivity contribution in [2.45, 2.75) is 6.42 Å². The summed E-state index contributed by atoms with van der Waals surface area (Å²) < 4.78 is 25.7. The van der Waals surface area contributed by atoms with Crippen LogP contribution in [0.1, 0.15) is 16.8 Å². The van der Waals surface area contributed by atoms with Gasteiger partial charge in [-0.05, 0) is 30.7 Å². The Morgan fingerprint density at radius 1 is 1.23 bits per heavy atom. The predicted octanol–water partition coefficient (Wildman–Crippen LogP) is -0.0636. The highest BCUT2D eigenvalue weighted by atomic mass is 32.2. The largest absolute Gasteiger partial charge is 0.352 e. The summed E-state index contributed by atoms with van der Waals surface area (Å²) in [5.74, 6) is -0.204. The van der Waals surface area contributed by atoms with Crippen LogP contribution in [0.25, 0.3) is 5.69 Å².